The molecule has 4 heteroatoms. The molecule has 168 valence electrons. The zero-order valence-electron chi connectivity index (χ0n) is 18.7. The molecule has 0 fully saturated rings. The Morgan fingerprint density at radius 3 is 2.48 bits per heavy atom. The first-order chi connectivity index (χ1) is 15.1. The number of benzene rings is 2. The summed E-state index contributed by atoms with van der Waals surface area (Å²) in [5, 5.41) is 0. The second-order valence-corrected chi connectivity index (χ2v) is 7.70. The van der Waals surface area contributed by atoms with Crippen molar-refractivity contribution in [3.63, 3.8) is 0 Å². The first-order valence-corrected chi connectivity index (χ1v) is 11.1. The van der Waals surface area contributed by atoms with Crippen molar-refractivity contribution in [2.75, 3.05) is 13.2 Å². The normalized spacial score (nSPS) is 13.4. The average Bonchev–Trinajstić information content (AvgIpc) is 2.78. The van der Waals surface area contributed by atoms with Crippen molar-refractivity contribution in [3.8, 4) is 11.1 Å². The van der Waals surface area contributed by atoms with Crippen molar-refractivity contribution in [3.05, 3.63) is 78.4 Å². The van der Waals surface area contributed by atoms with Gasteiger partial charge in [0, 0.05) is 17.7 Å². The molecule has 0 radical (unpaired) electrons. The highest BCUT2D eigenvalue weighted by Gasteiger charge is 2.15. The fourth-order valence-electron chi connectivity index (χ4n) is 3.39. The van der Waals surface area contributed by atoms with Crippen molar-refractivity contribution in [2.45, 2.75) is 58.2 Å². The van der Waals surface area contributed by atoms with Crippen molar-refractivity contribution in [1.82, 2.24) is 0 Å². The Hall–Kier alpha value is -2.30. The summed E-state index contributed by atoms with van der Waals surface area (Å²) in [6.07, 6.45) is 9.84. The smallest absolute Gasteiger partial charge is 0.167 e. The molecule has 0 aliphatic rings. The van der Waals surface area contributed by atoms with Gasteiger partial charge in [-0.3, -0.25) is 0 Å². The summed E-state index contributed by atoms with van der Waals surface area (Å²) in [5.74, 6) is -1.67. The molecular weight excluding hydrogens is 394 g/mol. The Morgan fingerprint density at radius 1 is 1.00 bits per heavy atom. The number of hydrogen-bond acceptors (Lipinski definition) is 2. The summed E-state index contributed by atoms with van der Waals surface area (Å²) in [5.41, 5.74) is 1.14. The van der Waals surface area contributed by atoms with Crippen LogP contribution in [0.2, 0.25) is 0 Å². The molecule has 2 nitrogen and oxygen atoms in total. The molecule has 2 atom stereocenters. The molecule has 0 spiro atoms. The van der Waals surface area contributed by atoms with Crippen LogP contribution in [0.1, 0.15) is 51.5 Å². The lowest BCUT2D eigenvalue weighted by molar-refractivity contribution is -0.00150. The minimum absolute atomic E-state index is 0.0689. The lowest BCUT2D eigenvalue weighted by Gasteiger charge is -2.20. The molecule has 2 rings (SSSR count). The van der Waals surface area contributed by atoms with Gasteiger partial charge in [-0.2, -0.15) is 0 Å². The zero-order valence-corrected chi connectivity index (χ0v) is 18.7. The molecule has 2 aromatic rings. The van der Waals surface area contributed by atoms with Crippen LogP contribution in [0.15, 0.2) is 61.2 Å². The maximum Gasteiger partial charge on any atom is 0.167 e. The third-order valence-electron chi connectivity index (χ3n) is 5.09. The van der Waals surface area contributed by atoms with Gasteiger partial charge in [0.25, 0.3) is 0 Å². The summed E-state index contributed by atoms with van der Waals surface area (Å²) in [6, 6.07) is 12.2. The van der Waals surface area contributed by atoms with Crippen molar-refractivity contribution in [1.29, 1.82) is 0 Å². The van der Waals surface area contributed by atoms with Crippen LogP contribution in [0.5, 0.6) is 0 Å². The van der Waals surface area contributed by atoms with Crippen LogP contribution in [0.25, 0.3) is 17.2 Å². The predicted octanol–water partition coefficient (Wildman–Crippen LogP) is 7.59. The molecule has 0 saturated heterocycles. The molecule has 0 aromatic heterocycles. The lowest BCUT2D eigenvalue weighted by atomic mass is 10.0. The first-order valence-electron chi connectivity index (χ1n) is 11.1. The van der Waals surface area contributed by atoms with E-state index in [9.17, 15) is 8.78 Å². The summed E-state index contributed by atoms with van der Waals surface area (Å²) >= 11 is 0. The van der Waals surface area contributed by atoms with Gasteiger partial charge in [0.1, 0.15) is 0 Å². The first kappa shape index (κ1) is 25.0. The number of hydrogen-bond donors (Lipinski definition) is 0. The molecule has 31 heavy (non-hydrogen) atoms. The van der Waals surface area contributed by atoms with E-state index in [-0.39, 0.29) is 23.3 Å². The largest absolute Gasteiger partial charge is 0.378 e. The fourth-order valence-corrected chi connectivity index (χ4v) is 3.39. The van der Waals surface area contributed by atoms with E-state index >= 15 is 0 Å². The van der Waals surface area contributed by atoms with Crippen LogP contribution in [-0.4, -0.2) is 25.4 Å². The molecule has 2 aromatic carbocycles. The molecule has 2 unspecified atom stereocenters. The van der Waals surface area contributed by atoms with Gasteiger partial charge in [-0.05, 0) is 31.7 Å². The minimum atomic E-state index is -0.839. The van der Waals surface area contributed by atoms with Crippen LogP contribution < -0.4 is 0 Å². The number of halogens is 2. The lowest BCUT2D eigenvalue weighted by Crippen LogP contribution is -2.21. The maximum absolute atomic E-state index is 14.6. The highest BCUT2D eigenvalue weighted by atomic mass is 19.2. The van der Waals surface area contributed by atoms with Crippen molar-refractivity contribution in [2.24, 2.45) is 0 Å². The van der Waals surface area contributed by atoms with E-state index < -0.39 is 11.6 Å². The van der Waals surface area contributed by atoms with Gasteiger partial charge in [-0.25, -0.2) is 8.78 Å². The predicted molar refractivity (Wildman–Crippen MR) is 125 cm³/mol. The van der Waals surface area contributed by atoms with E-state index in [1.165, 1.54) is 0 Å². The summed E-state index contributed by atoms with van der Waals surface area (Å²) < 4.78 is 40.9. The van der Waals surface area contributed by atoms with Crippen LogP contribution in [0, 0.1) is 11.6 Å². The Balaban J connectivity index is 1.99. The Kier molecular flexibility index (Phi) is 11.2. The second-order valence-electron chi connectivity index (χ2n) is 7.70. The summed E-state index contributed by atoms with van der Waals surface area (Å²) in [4.78, 5) is 0. The molecule has 0 aliphatic carbocycles. The Labute approximate surface area is 185 Å². The highest BCUT2D eigenvalue weighted by Crippen LogP contribution is 2.27. The van der Waals surface area contributed by atoms with E-state index in [2.05, 4.69) is 13.5 Å². The number of ether oxygens (including phenoxy) is 2. The van der Waals surface area contributed by atoms with Gasteiger partial charge in [-0.1, -0.05) is 80.5 Å². The van der Waals surface area contributed by atoms with Crippen LogP contribution >= 0.6 is 0 Å². The molecule has 0 N–H and O–H groups in total. The maximum atomic E-state index is 14.6. The summed E-state index contributed by atoms with van der Waals surface area (Å²) in [6.45, 7) is 9.09. The van der Waals surface area contributed by atoms with Gasteiger partial charge in [-0.15, -0.1) is 6.58 Å². The van der Waals surface area contributed by atoms with Gasteiger partial charge >= 0.3 is 0 Å². The Morgan fingerprint density at radius 2 is 1.77 bits per heavy atom. The fraction of sp³-hybridized carbons (Fsp3) is 0.407. The third-order valence-corrected chi connectivity index (χ3v) is 5.09. The van der Waals surface area contributed by atoms with Crippen molar-refractivity contribution >= 4 is 6.08 Å². The van der Waals surface area contributed by atoms with E-state index in [1.807, 2.05) is 19.1 Å². The monoisotopic (exact) mass is 428 g/mol. The summed E-state index contributed by atoms with van der Waals surface area (Å²) in [7, 11) is 0. The Bertz CT molecular complexity index is 817. The van der Waals surface area contributed by atoms with Gasteiger partial charge in [0.2, 0.25) is 0 Å². The molecule has 0 saturated carbocycles. The van der Waals surface area contributed by atoms with Gasteiger partial charge < -0.3 is 9.47 Å². The van der Waals surface area contributed by atoms with E-state index in [0.717, 1.165) is 32.3 Å². The zero-order chi connectivity index (χ0) is 22.5. The van der Waals surface area contributed by atoms with E-state index in [0.29, 0.717) is 18.6 Å². The van der Waals surface area contributed by atoms with Gasteiger partial charge in [0.15, 0.2) is 11.6 Å². The molecule has 0 aliphatic heterocycles. The second kappa shape index (κ2) is 13.9. The van der Waals surface area contributed by atoms with Gasteiger partial charge in [0.05, 0.1) is 18.8 Å². The van der Waals surface area contributed by atoms with Crippen LogP contribution in [0.3, 0.4) is 0 Å². The topological polar surface area (TPSA) is 18.5 Å². The molecular formula is C27H34F2O2. The van der Waals surface area contributed by atoms with E-state index in [1.54, 1.807) is 48.6 Å². The third kappa shape index (κ3) is 8.39. The average molecular weight is 429 g/mol. The SMILES string of the molecule is C=CCOC(C/C=C/c1ccc(-c2ccccc2)c(F)c1F)CC(C)OCCCCC. The molecule has 0 heterocycles. The van der Waals surface area contributed by atoms with E-state index in [4.69, 9.17) is 9.47 Å². The molecule has 0 bridgehead atoms. The molecule has 0 amide bonds. The highest BCUT2D eigenvalue weighted by molar-refractivity contribution is 5.66. The number of rotatable bonds is 14. The van der Waals surface area contributed by atoms with Crippen LogP contribution in [-0.2, 0) is 9.47 Å². The van der Waals surface area contributed by atoms with Crippen molar-refractivity contribution < 1.29 is 18.3 Å². The van der Waals surface area contributed by atoms with Crippen LogP contribution in [0.4, 0.5) is 8.78 Å². The standard InChI is InChI=1S/C27H34F2O2/c1-4-6-10-19-30-21(3)20-24(31-18-5-2)15-11-14-23-16-17-25(27(29)26(23)28)22-12-8-7-9-13-22/h5,7-9,11-14,16-17,21,24H,2,4,6,10,15,18-20H2,1,3H3/b14-11+. The minimum Gasteiger partial charge on any atom is -0.378 e. The number of unbranched alkanes of at least 4 members (excludes halogenated alkanes) is 2. The quantitative estimate of drug-likeness (QED) is 0.228.